The van der Waals surface area contributed by atoms with Gasteiger partial charge in [-0.15, -0.1) is 0 Å². The number of nitrogens with one attached hydrogen (secondary N) is 1. The first-order valence-electron chi connectivity index (χ1n) is 6.94. The SMILES string of the molecule is NCC(c1ccncc1)N1CCCC2C(=O)NCC21. The van der Waals surface area contributed by atoms with Crippen molar-refractivity contribution in [2.45, 2.75) is 24.9 Å². The summed E-state index contributed by atoms with van der Waals surface area (Å²) in [4.78, 5) is 18.3. The van der Waals surface area contributed by atoms with Crippen LogP contribution in [0.2, 0.25) is 0 Å². The van der Waals surface area contributed by atoms with Gasteiger partial charge in [0.25, 0.3) is 0 Å². The lowest BCUT2D eigenvalue weighted by molar-refractivity contribution is -0.124. The van der Waals surface area contributed by atoms with Crippen molar-refractivity contribution in [2.24, 2.45) is 11.7 Å². The molecule has 19 heavy (non-hydrogen) atoms. The maximum Gasteiger partial charge on any atom is 0.224 e. The number of carbonyl (C=O) groups excluding carboxylic acids is 1. The van der Waals surface area contributed by atoms with Gasteiger partial charge in [0.05, 0.1) is 5.92 Å². The van der Waals surface area contributed by atoms with E-state index >= 15 is 0 Å². The Kier molecular flexibility index (Phi) is 3.48. The molecule has 3 N–H and O–H groups in total. The van der Waals surface area contributed by atoms with Crippen LogP contribution in [0.5, 0.6) is 0 Å². The molecule has 2 saturated heterocycles. The Bertz CT molecular complexity index is 450. The van der Waals surface area contributed by atoms with Gasteiger partial charge in [-0.1, -0.05) is 0 Å². The molecule has 3 unspecified atom stereocenters. The molecule has 3 rings (SSSR count). The molecule has 2 fully saturated rings. The van der Waals surface area contributed by atoms with Crippen LogP contribution in [0.15, 0.2) is 24.5 Å². The summed E-state index contributed by atoms with van der Waals surface area (Å²) in [7, 11) is 0. The Hall–Kier alpha value is -1.46. The summed E-state index contributed by atoms with van der Waals surface area (Å²) in [5.41, 5.74) is 7.18. The van der Waals surface area contributed by atoms with Crippen LogP contribution in [0.3, 0.4) is 0 Å². The second-order valence-corrected chi connectivity index (χ2v) is 5.33. The Morgan fingerprint density at radius 1 is 1.47 bits per heavy atom. The van der Waals surface area contributed by atoms with Gasteiger partial charge < -0.3 is 11.1 Å². The van der Waals surface area contributed by atoms with Gasteiger partial charge >= 0.3 is 0 Å². The molecule has 1 amide bonds. The highest BCUT2D eigenvalue weighted by atomic mass is 16.2. The molecule has 0 radical (unpaired) electrons. The topological polar surface area (TPSA) is 71.2 Å². The highest BCUT2D eigenvalue weighted by Crippen LogP contribution is 2.33. The van der Waals surface area contributed by atoms with E-state index in [-0.39, 0.29) is 17.9 Å². The number of hydrogen-bond donors (Lipinski definition) is 2. The molecule has 0 saturated carbocycles. The van der Waals surface area contributed by atoms with Gasteiger partial charge in [-0.05, 0) is 37.1 Å². The van der Waals surface area contributed by atoms with Crippen molar-refractivity contribution in [3.8, 4) is 0 Å². The molecule has 3 atom stereocenters. The third kappa shape index (κ3) is 2.24. The van der Waals surface area contributed by atoms with Gasteiger partial charge in [0.2, 0.25) is 5.91 Å². The molecule has 2 aliphatic heterocycles. The number of nitrogens with two attached hydrogens (primary N) is 1. The number of likely N-dealkylation sites (tertiary alicyclic amines) is 1. The highest BCUT2D eigenvalue weighted by molar-refractivity contribution is 5.82. The van der Waals surface area contributed by atoms with Gasteiger partial charge in [-0.3, -0.25) is 14.7 Å². The van der Waals surface area contributed by atoms with E-state index in [1.165, 1.54) is 5.56 Å². The lowest BCUT2D eigenvalue weighted by atomic mass is 9.89. The van der Waals surface area contributed by atoms with Crippen LogP contribution < -0.4 is 11.1 Å². The molecule has 5 nitrogen and oxygen atoms in total. The van der Waals surface area contributed by atoms with E-state index in [4.69, 9.17) is 5.73 Å². The molecular formula is C14H20N4O. The molecule has 0 spiro atoms. The molecule has 1 aromatic rings. The van der Waals surface area contributed by atoms with E-state index in [2.05, 4.69) is 15.2 Å². The van der Waals surface area contributed by atoms with Crippen molar-refractivity contribution in [2.75, 3.05) is 19.6 Å². The predicted octanol–water partition coefficient (Wildman–Crippen LogP) is 0.292. The first-order chi connectivity index (χ1) is 9.31. The summed E-state index contributed by atoms with van der Waals surface area (Å²) in [6.07, 6.45) is 5.67. The minimum Gasteiger partial charge on any atom is -0.354 e. The average Bonchev–Trinajstić information content (AvgIpc) is 2.84. The monoisotopic (exact) mass is 260 g/mol. The number of rotatable bonds is 3. The van der Waals surface area contributed by atoms with E-state index in [1.54, 1.807) is 12.4 Å². The number of aromatic nitrogens is 1. The molecule has 102 valence electrons. The molecule has 2 aliphatic rings. The number of amides is 1. The maximum atomic E-state index is 11.8. The zero-order valence-corrected chi connectivity index (χ0v) is 11.0. The van der Waals surface area contributed by atoms with Gasteiger partial charge in [-0.2, -0.15) is 0 Å². The first-order valence-corrected chi connectivity index (χ1v) is 6.94. The van der Waals surface area contributed by atoms with E-state index in [9.17, 15) is 4.79 Å². The van der Waals surface area contributed by atoms with Crippen LogP contribution >= 0.6 is 0 Å². The number of fused-ring (bicyclic) bond motifs is 1. The smallest absolute Gasteiger partial charge is 0.224 e. The van der Waals surface area contributed by atoms with Crippen molar-refractivity contribution in [1.29, 1.82) is 0 Å². The fourth-order valence-electron chi connectivity index (χ4n) is 3.42. The third-order valence-electron chi connectivity index (χ3n) is 4.36. The quantitative estimate of drug-likeness (QED) is 0.819. The molecule has 1 aromatic heterocycles. The normalized spacial score (nSPS) is 28.8. The second kappa shape index (κ2) is 5.27. The zero-order chi connectivity index (χ0) is 13.2. The Morgan fingerprint density at radius 2 is 2.26 bits per heavy atom. The lowest BCUT2D eigenvalue weighted by Gasteiger charge is -2.41. The van der Waals surface area contributed by atoms with Gasteiger partial charge in [0.1, 0.15) is 0 Å². The van der Waals surface area contributed by atoms with Crippen molar-refractivity contribution in [3.63, 3.8) is 0 Å². The summed E-state index contributed by atoms with van der Waals surface area (Å²) >= 11 is 0. The van der Waals surface area contributed by atoms with Gasteiger partial charge in [-0.25, -0.2) is 0 Å². The highest BCUT2D eigenvalue weighted by Gasteiger charge is 2.42. The average molecular weight is 260 g/mol. The molecule has 5 heteroatoms. The predicted molar refractivity (Wildman–Crippen MR) is 72.3 cm³/mol. The van der Waals surface area contributed by atoms with Crippen LogP contribution in [-0.2, 0) is 4.79 Å². The van der Waals surface area contributed by atoms with Crippen LogP contribution in [0.1, 0.15) is 24.4 Å². The van der Waals surface area contributed by atoms with Gasteiger partial charge in [0, 0.05) is 37.6 Å². The molecule has 3 heterocycles. The summed E-state index contributed by atoms with van der Waals surface area (Å²) in [6, 6.07) is 4.52. The minimum atomic E-state index is 0.143. The fourth-order valence-corrected chi connectivity index (χ4v) is 3.42. The summed E-state index contributed by atoms with van der Waals surface area (Å²) in [6.45, 7) is 2.34. The van der Waals surface area contributed by atoms with Crippen molar-refractivity contribution in [3.05, 3.63) is 30.1 Å². The number of nitrogens with zero attached hydrogens (tertiary/aromatic N) is 2. The summed E-state index contributed by atoms with van der Waals surface area (Å²) < 4.78 is 0. The largest absolute Gasteiger partial charge is 0.354 e. The molecule has 0 bridgehead atoms. The number of pyridine rings is 1. The summed E-state index contributed by atoms with van der Waals surface area (Å²) in [5.74, 6) is 0.352. The Balaban J connectivity index is 1.85. The fraction of sp³-hybridized carbons (Fsp3) is 0.571. The van der Waals surface area contributed by atoms with Crippen molar-refractivity contribution in [1.82, 2.24) is 15.2 Å². The van der Waals surface area contributed by atoms with Crippen molar-refractivity contribution >= 4 is 5.91 Å². The minimum absolute atomic E-state index is 0.143. The van der Waals surface area contributed by atoms with E-state index < -0.39 is 0 Å². The molecular weight excluding hydrogens is 240 g/mol. The van der Waals surface area contributed by atoms with E-state index in [0.29, 0.717) is 12.6 Å². The zero-order valence-electron chi connectivity index (χ0n) is 11.0. The van der Waals surface area contributed by atoms with Crippen molar-refractivity contribution < 1.29 is 4.79 Å². The van der Waals surface area contributed by atoms with E-state index in [1.807, 2.05) is 12.1 Å². The summed E-state index contributed by atoms with van der Waals surface area (Å²) in [5, 5.41) is 2.99. The van der Waals surface area contributed by atoms with Crippen LogP contribution in [0, 0.1) is 5.92 Å². The number of piperidine rings is 1. The number of carbonyl (C=O) groups is 1. The standard InChI is InChI=1S/C14H20N4O/c15-8-12(10-3-5-16-6-4-10)18-7-1-2-11-13(18)9-17-14(11)19/h3-6,11-13H,1-2,7-9,15H2,(H,17,19). The van der Waals surface area contributed by atoms with Crippen LogP contribution in [0.4, 0.5) is 0 Å². The first kappa shape index (κ1) is 12.6. The molecule has 0 aliphatic carbocycles. The lowest BCUT2D eigenvalue weighted by Crippen LogP contribution is -2.49. The Labute approximate surface area is 113 Å². The second-order valence-electron chi connectivity index (χ2n) is 5.33. The van der Waals surface area contributed by atoms with Gasteiger partial charge in [0.15, 0.2) is 0 Å². The number of hydrogen-bond acceptors (Lipinski definition) is 4. The maximum absolute atomic E-state index is 11.8. The molecule has 0 aromatic carbocycles. The van der Waals surface area contributed by atoms with E-state index in [0.717, 1.165) is 25.9 Å². The van der Waals surface area contributed by atoms with Crippen LogP contribution in [0.25, 0.3) is 0 Å². The Morgan fingerprint density at radius 3 is 3.00 bits per heavy atom. The van der Waals surface area contributed by atoms with Crippen LogP contribution in [-0.4, -0.2) is 41.5 Å². The third-order valence-corrected chi connectivity index (χ3v) is 4.36.